The SMILES string of the molecule is [2H]C([2H])([2H])Oc1cc(B(O)O)cc(C([2H])([2H])[2H])n1. The minimum absolute atomic E-state index is 0.213. The fourth-order valence-corrected chi connectivity index (χ4v) is 0.727. The van der Waals surface area contributed by atoms with Crippen molar-refractivity contribution in [2.24, 2.45) is 0 Å². The predicted molar refractivity (Wildman–Crippen MR) is 45.4 cm³/mol. The van der Waals surface area contributed by atoms with Gasteiger partial charge >= 0.3 is 7.12 Å². The molecule has 0 aromatic carbocycles. The molecule has 0 bridgehead atoms. The highest BCUT2D eigenvalue weighted by molar-refractivity contribution is 6.58. The summed E-state index contributed by atoms with van der Waals surface area (Å²) in [6.45, 7) is -2.61. The van der Waals surface area contributed by atoms with Crippen molar-refractivity contribution in [1.82, 2.24) is 4.98 Å². The van der Waals surface area contributed by atoms with Gasteiger partial charge in [-0.25, -0.2) is 4.98 Å². The van der Waals surface area contributed by atoms with Gasteiger partial charge in [0.1, 0.15) is 0 Å². The van der Waals surface area contributed by atoms with Crippen LogP contribution in [0.15, 0.2) is 12.1 Å². The molecule has 0 unspecified atom stereocenters. The number of hydrogen-bond acceptors (Lipinski definition) is 4. The Balaban J connectivity index is 3.23. The van der Waals surface area contributed by atoms with E-state index < -0.39 is 32.6 Å². The Morgan fingerprint density at radius 3 is 3.00 bits per heavy atom. The van der Waals surface area contributed by atoms with E-state index >= 15 is 0 Å². The van der Waals surface area contributed by atoms with E-state index in [0.717, 1.165) is 12.1 Å². The number of methoxy groups -OCH3 is 1. The molecular formula is C7H10BNO3. The van der Waals surface area contributed by atoms with Crippen molar-refractivity contribution in [2.75, 3.05) is 7.04 Å². The Hall–Kier alpha value is -1.07. The lowest BCUT2D eigenvalue weighted by Gasteiger charge is -2.03. The molecule has 2 N–H and O–H groups in total. The molecule has 1 heterocycles. The van der Waals surface area contributed by atoms with Crippen molar-refractivity contribution in [2.45, 2.75) is 6.85 Å². The largest absolute Gasteiger partial charge is 0.488 e. The molecule has 0 radical (unpaired) electrons. The zero-order valence-corrected chi connectivity index (χ0v) is 5.98. The third kappa shape index (κ3) is 1.96. The van der Waals surface area contributed by atoms with Crippen LogP contribution in [0, 0.1) is 6.85 Å². The molecule has 5 heteroatoms. The van der Waals surface area contributed by atoms with Gasteiger partial charge in [-0.1, -0.05) is 0 Å². The average molecular weight is 173 g/mol. The minimum atomic E-state index is -2.81. The number of aromatic nitrogens is 1. The molecule has 0 atom stereocenters. The summed E-state index contributed by atoms with van der Waals surface area (Å²) < 4.78 is 46.5. The summed E-state index contributed by atoms with van der Waals surface area (Å²) in [6.07, 6.45) is 0. The Labute approximate surface area is 79.4 Å². The molecule has 0 spiro atoms. The summed E-state index contributed by atoms with van der Waals surface area (Å²) in [5, 5.41) is 18.0. The van der Waals surface area contributed by atoms with Crippen LogP contribution >= 0.6 is 0 Å². The number of ether oxygens (including phenoxy) is 1. The maximum absolute atomic E-state index is 8.98. The third-order valence-corrected chi connectivity index (χ3v) is 1.23. The van der Waals surface area contributed by atoms with Gasteiger partial charge in [0.25, 0.3) is 0 Å². The minimum Gasteiger partial charge on any atom is -0.481 e. The first-order valence-electron chi connectivity index (χ1n) is 6.07. The highest BCUT2D eigenvalue weighted by Gasteiger charge is 2.12. The lowest BCUT2D eigenvalue weighted by Crippen LogP contribution is -2.30. The molecule has 4 nitrogen and oxygen atoms in total. The number of rotatable bonds is 2. The molecule has 1 rings (SSSR count). The van der Waals surface area contributed by atoms with E-state index in [4.69, 9.17) is 18.3 Å². The molecule has 1 aromatic heterocycles. The van der Waals surface area contributed by atoms with Gasteiger partial charge in [-0.2, -0.15) is 0 Å². The molecule has 12 heavy (non-hydrogen) atoms. The van der Waals surface area contributed by atoms with Gasteiger partial charge in [0.05, 0.1) is 11.2 Å². The van der Waals surface area contributed by atoms with Crippen LogP contribution in [0.5, 0.6) is 5.88 Å². The van der Waals surface area contributed by atoms with Gasteiger partial charge in [-0.05, 0) is 18.4 Å². The second-order valence-electron chi connectivity index (χ2n) is 2.10. The Morgan fingerprint density at radius 1 is 1.58 bits per heavy atom. The Morgan fingerprint density at radius 2 is 2.42 bits per heavy atom. The van der Waals surface area contributed by atoms with E-state index in [1.165, 1.54) is 0 Å². The van der Waals surface area contributed by atoms with Gasteiger partial charge in [0.15, 0.2) is 0 Å². The zero-order chi connectivity index (χ0) is 14.1. The van der Waals surface area contributed by atoms with Crippen LogP contribution in [0.3, 0.4) is 0 Å². The zero-order valence-electron chi connectivity index (χ0n) is 12.0. The molecule has 0 aliphatic heterocycles. The molecule has 0 amide bonds. The monoisotopic (exact) mass is 173 g/mol. The standard InChI is InChI=1S/C7H10BNO3/c1-5-3-6(8(10)11)4-7(9-5)12-2/h3-4,10-11H,1-2H3/i1D3,2D3. The van der Waals surface area contributed by atoms with Gasteiger partial charge in [0.2, 0.25) is 5.88 Å². The van der Waals surface area contributed by atoms with Gasteiger partial charge in [0, 0.05) is 15.9 Å². The van der Waals surface area contributed by atoms with Crippen LogP contribution in [0.4, 0.5) is 0 Å². The van der Waals surface area contributed by atoms with Crippen molar-refractivity contribution in [3.05, 3.63) is 17.8 Å². The molecule has 0 saturated heterocycles. The molecular weight excluding hydrogens is 157 g/mol. The molecule has 0 fully saturated rings. The molecule has 0 saturated carbocycles. The number of nitrogens with zero attached hydrogens (tertiary/aromatic N) is 1. The van der Waals surface area contributed by atoms with Crippen LogP contribution in [-0.4, -0.2) is 29.2 Å². The Bertz CT molecular complexity index is 432. The molecule has 0 aliphatic carbocycles. The summed E-state index contributed by atoms with van der Waals surface area (Å²) in [4.78, 5) is 3.51. The summed E-state index contributed by atoms with van der Waals surface area (Å²) in [5.74, 6) is -0.508. The summed E-state index contributed by atoms with van der Waals surface area (Å²) >= 11 is 0. The second kappa shape index (κ2) is 3.56. The molecule has 0 aliphatic rings. The lowest BCUT2D eigenvalue weighted by atomic mass is 9.80. The van der Waals surface area contributed by atoms with Crippen LogP contribution in [-0.2, 0) is 0 Å². The molecule has 64 valence electrons. The second-order valence-corrected chi connectivity index (χ2v) is 2.10. The van der Waals surface area contributed by atoms with E-state index in [1.807, 2.05) is 0 Å². The van der Waals surface area contributed by atoms with Crippen molar-refractivity contribution in [3.8, 4) is 5.88 Å². The van der Waals surface area contributed by atoms with Gasteiger partial charge in [-0.3, -0.25) is 0 Å². The van der Waals surface area contributed by atoms with Crippen molar-refractivity contribution in [3.63, 3.8) is 0 Å². The smallest absolute Gasteiger partial charge is 0.481 e. The van der Waals surface area contributed by atoms with E-state index in [0.29, 0.717) is 0 Å². The first-order valence-corrected chi connectivity index (χ1v) is 3.07. The van der Waals surface area contributed by atoms with Crippen LogP contribution in [0.2, 0.25) is 0 Å². The average Bonchev–Trinajstić information content (AvgIpc) is 2.12. The van der Waals surface area contributed by atoms with E-state index in [1.54, 1.807) is 0 Å². The highest BCUT2D eigenvalue weighted by Crippen LogP contribution is 2.03. The Kier molecular flexibility index (Phi) is 1.12. The summed E-state index contributed by atoms with van der Waals surface area (Å²) in [7, 11) is -4.76. The van der Waals surface area contributed by atoms with E-state index in [-0.39, 0.29) is 5.46 Å². The van der Waals surface area contributed by atoms with Crippen LogP contribution < -0.4 is 10.2 Å². The van der Waals surface area contributed by atoms with Gasteiger partial charge < -0.3 is 14.8 Å². The topological polar surface area (TPSA) is 62.6 Å². The van der Waals surface area contributed by atoms with E-state index in [2.05, 4.69) is 9.72 Å². The maximum atomic E-state index is 8.98. The van der Waals surface area contributed by atoms with Crippen LogP contribution in [0.1, 0.15) is 13.9 Å². The fourth-order valence-electron chi connectivity index (χ4n) is 0.727. The lowest BCUT2D eigenvalue weighted by molar-refractivity contribution is 0.395. The summed E-state index contributed by atoms with van der Waals surface area (Å²) in [6, 6.07) is 1.90. The highest BCUT2D eigenvalue weighted by atomic mass is 16.5. The number of pyridine rings is 1. The van der Waals surface area contributed by atoms with Crippen molar-refractivity contribution >= 4 is 12.6 Å². The fraction of sp³-hybridized carbons (Fsp3) is 0.286. The van der Waals surface area contributed by atoms with Crippen LogP contribution in [0.25, 0.3) is 0 Å². The van der Waals surface area contributed by atoms with E-state index in [9.17, 15) is 0 Å². The summed E-state index contributed by atoms with van der Waals surface area (Å²) in [5.41, 5.74) is -0.692. The molecule has 1 aromatic rings. The van der Waals surface area contributed by atoms with Crippen molar-refractivity contribution < 1.29 is 23.0 Å². The predicted octanol–water partition coefficient (Wildman–Crippen LogP) is -0.922. The third-order valence-electron chi connectivity index (χ3n) is 1.23. The first-order chi connectivity index (χ1) is 7.99. The number of aryl methyl sites for hydroxylation is 1. The quantitative estimate of drug-likeness (QED) is 0.567. The first kappa shape index (κ1) is 3.76. The normalized spacial score (nSPS) is 19.2. The van der Waals surface area contributed by atoms with Gasteiger partial charge in [-0.15, -0.1) is 0 Å². The van der Waals surface area contributed by atoms with Crippen molar-refractivity contribution in [1.29, 1.82) is 0 Å². The maximum Gasteiger partial charge on any atom is 0.488 e. The number of hydrogen-bond donors (Lipinski definition) is 2.